The molecule has 21 heavy (non-hydrogen) atoms. The Kier molecular flexibility index (Phi) is 4.15. The van der Waals surface area contributed by atoms with E-state index in [1.807, 2.05) is 0 Å². The smallest absolute Gasteiger partial charge is 0.147 e. The van der Waals surface area contributed by atoms with Gasteiger partial charge < -0.3 is 10.0 Å². The number of rotatable bonds is 3. The number of anilines is 1. The molecule has 0 spiro atoms. The Hall–Kier alpha value is -1.94. The molecule has 2 aromatic rings. The summed E-state index contributed by atoms with van der Waals surface area (Å²) in [6.45, 7) is 3.65. The minimum Gasteiger partial charge on any atom is -0.391 e. The summed E-state index contributed by atoms with van der Waals surface area (Å²) in [6, 6.07) is 8.60. The van der Waals surface area contributed by atoms with Crippen LogP contribution in [0.5, 0.6) is 0 Å². The van der Waals surface area contributed by atoms with Crippen molar-refractivity contribution in [3.63, 3.8) is 0 Å². The van der Waals surface area contributed by atoms with Crippen molar-refractivity contribution in [2.45, 2.75) is 25.9 Å². The van der Waals surface area contributed by atoms with Crippen LogP contribution in [0, 0.1) is 12.8 Å². The third-order valence-corrected chi connectivity index (χ3v) is 4.21. The van der Waals surface area contributed by atoms with Gasteiger partial charge in [0.25, 0.3) is 0 Å². The van der Waals surface area contributed by atoms with Crippen LogP contribution in [0.4, 0.5) is 5.82 Å². The first-order chi connectivity index (χ1) is 10.2. The van der Waals surface area contributed by atoms with Gasteiger partial charge in [-0.1, -0.05) is 29.8 Å². The van der Waals surface area contributed by atoms with Crippen LogP contribution in [0.3, 0.4) is 0 Å². The molecule has 4 heteroatoms. The van der Waals surface area contributed by atoms with Gasteiger partial charge in [0, 0.05) is 25.5 Å². The Bertz CT molecular complexity index is 570. The highest BCUT2D eigenvalue weighted by molar-refractivity contribution is 5.36. The Labute approximate surface area is 125 Å². The summed E-state index contributed by atoms with van der Waals surface area (Å²) >= 11 is 0. The molecule has 1 saturated heterocycles. The van der Waals surface area contributed by atoms with E-state index in [-0.39, 0.29) is 6.10 Å². The van der Waals surface area contributed by atoms with Crippen LogP contribution >= 0.6 is 0 Å². The summed E-state index contributed by atoms with van der Waals surface area (Å²) < 4.78 is 0. The van der Waals surface area contributed by atoms with Crippen LogP contribution in [0.25, 0.3) is 0 Å². The maximum absolute atomic E-state index is 10.4. The highest BCUT2D eigenvalue weighted by Gasteiger charge is 2.28. The van der Waals surface area contributed by atoms with E-state index in [2.05, 4.69) is 46.1 Å². The number of hydrogen-bond acceptors (Lipinski definition) is 4. The highest BCUT2D eigenvalue weighted by atomic mass is 16.3. The standard InChI is InChI=1S/C17H21N3O/c1-13-2-4-14(5-3-13)10-15-6-9-20(12-16(15)21)17-11-18-7-8-19-17/h2-5,7-8,11,15-16,21H,6,9-10,12H2,1H3/t15-,16-/m1/s1. The van der Waals surface area contributed by atoms with E-state index in [4.69, 9.17) is 0 Å². The van der Waals surface area contributed by atoms with Crippen LogP contribution < -0.4 is 4.90 Å². The molecular formula is C17H21N3O. The summed E-state index contributed by atoms with van der Waals surface area (Å²) in [5.41, 5.74) is 2.58. The number of aliphatic hydroxyl groups excluding tert-OH is 1. The first-order valence-corrected chi connectivity index (χ1v) is 7.47. The molecule has 3 rings (SSSR count). The molecule has 1 aromatic carbocycles. The number of nitrogens with zero attached hydrogens (tertiary/aromatic N) is 3. The zero-order valence-electron chi connectivity index (χ0n) is 12.3. The lowest BCUT2D eigenvalue weighted by molar-refractivity contribution is 0.0927. The Morgan fingerprint density at radius 2 is 2.05 bits per heavy atom. The lowest BCUT2D eigenvalue weighted by Crippen LogP contribution is -2.45. The average molecular weight is 283 g/mol. The maximum Gasteiger partial charge on any atom is 0.147 e. The summed E-state index contributed by atoms with van der Waals surface area (Å²) in [4.78, 5) is 10.5. The molecular weight excluding hydrogens is 262 g/mol. The number of aromatic nitrogens is 2. The first kappa shape index (κ1) is 14.0. The fourth-order valence-corrected chi connectivity index (χ4v) is 2.91. The number of β-amino-alcohol motifs (C(OH)–C–C–N with tert-alkyl or cyclic N) is 1. The van der Waals surface area contributed by atoms with Crippen molar-refractivity contribution in [3.05, 3.63) is 54.0 Å². The van der Waals surface area contributed by atoms with E-state index >= 15 is 0 Å². The third kappa shape index (κ3) is 3.39. The number of aliphatic hydroxyl groups is 1. The monoisotopic (exact) mass is 283 g/mol. The zero-order valence-corrected chi connectivity index (χ0v) is 12.3. The average Bonchev–Trinajstić information content (AvgIpc) is 2.52. The Morgan fingerprint density at radius 1 is 1.24 bits per heavy atom. The van der Waals surface area contributed by atoms with E-state index in [0.717, 1.165) is 25.2 Å². The molecule has 0 unspecified atom stereocenters. The minimum atomic E-state index is -0.318. The van der Waals surface area contributed by atoms with Gasteiger partial charge in [-0.2, -0.15) is 0 Å². The second-order valence-electron chi connectivity index (χ2n) is 5.82. The summed E-state index contributed by atoms with van der Waals surface area (Å²) in [6.07, 6.45) is 6.72. The molecule has 0 amide bonds. The Morgan fingerprint density at radius 3 is 2.71 bits per heavy atom. The quantitative estimate of drug-likeness (QED) is 0.938. The topological polar surface area (TPSA) is 49.2 Å². The predicted molar refractivity (Wildman–Crippen MR) is 83.2 cm³/mol. The van der Waals surface area contributed by atoms with E-state index < -0.39 is 0 Å². The fourth-order valence-electron chi connectivity index (χ4n) is 2.91. The van der Waals surface area contributed by atoms with Gasteiger partial charge in [-0.25, -0.2) is 4.98 Å². The molecule has 2 heterocycles. The van der Waals surface area contributed by atoms with Gasteiger partial charge in [0.1, 0.15) is 5.82 Å². The summed E-state index contributed by atoms with van der Waals surface area (Å²) in [5, 5.41) is 10.4. The zero-order chi connectivity index (χ0) is 14.7. The van der Waals surface area contributed by atoms with Crippen molar-refractivity contribution >= 4 is 5.82 Å². The van der Waals surface area contributed by atoms with Crippen LogP contribution in [-0.2, 0) is 6.42 Å². The Balaban J connectivity index is 1.62. The molecule has 110 valence electrons. The number of benzene rings is 1. The van der Waals surface area contributed by atoms with Gasteiger partial charge in [-0.15, -0.1) is 0 Å². The van der Waals surface area contributed by atoms with Gasteiger partial charge in [-0.05, 0) is 31.2 Å². The van der Waals surface area contributed by atoms with Crippen LogP contribution in [0.1, 0.15) is 17.5 Å². The van der Waals surface area contributed by atoms with Gasteiger partial charge in [0.15, 0.2) is 0 Å². The molecule has 0 radical (unpaired) electrons. The normalized spacial score (nSPS) is 22.3. The summed E-state index contributed by atoms with van der Waals surface area (Å²) in [7, 11) is 0. The van der Waals surface area contributed by atoms with Crippen LogP contribution in [0.15, 0.2) is 42.9 Å². The molecule has 2 atom stereocenters. The SMILES string of the molecule is Cc1ccc(C[C@H]2CCN(c3cnccn3)C[C@H]2O)cc1. The van der Waals surface area contributed by atoms with Crippen molar-refractivity contribution < 1.29 is 5.11 Å². The molecule has 1 aliphatic heterocycles. The number of piperidine rings is 1. The van der Waals surface area contributed by atoms with Crippen LogP contribution in [-0.4, -0.2) is 34.3 Å². The third-order valence-electron chi connectivity index (χ3n) is 4.21. The molecule has 1 aliphatic rings. The molecule has 4 nitrogen and oxygen atoms in total. The molecule has 0 saturated carbocycles. The maximum atomic E-state index is 10.4. The number of hydrogen-bond donors (Lipinski definition) is 1. The highest BCUT2D eigenvalue weighted by Crippen LogP contribution is 2.24. The van der Waals surface area contributed by atoms with E-state index in [1.54, 1.807) is 18.6 Å². The van der Waals surface area contributed by atoms with Gasteiger partial charge >= 0.3 is 0 Å². The lowest BCUT2D eigenvalue weighted by Gasteiger charge is -2.36. The van der Waals surface area contributed by atoms with Crippen molar-refractivity contribution in [2.75, 3.05) is 18.0 Å². The van der Waals surface area contributed by atoms with Crippen LogP contribution in [0.2, 0.25) is 0 Å². The summed E-state index contributed by atoms with van der Waals surface area (Å²) in [5.74, 6) is 1.17. The minimum absolute atomic E-state index is 0.318. The van der Waals surface area contributed by atoms with E-state index in [9.17, 15) is 5.11 Å². The molecule has 1 fully saturated rings. The molecule has 0 aliphatic carbocycles. The van der Waals surface area contributed by atoms with Crippen molar-refractivity contribution in [1.29, 1.82) is 0 Å². The predicted octanol–water partition coefficient (Wildman–Crippen LogP) is 2.21. The largest absolute Gasteiger partial charge is 0.391 e. The molecule has 1 aromatic heterocycles. The molecule has 1 N–H and O–H groups in total. The van der Waals surface area contributed by atoms with Crippen molar-refractivity contribution in [2.24, 2.45) is 5.92 Å². The van der Waals surface area contributed by atoms with Gasteiger partial charge in [0.2, 0.25) is 0 Å². The van der Waals surface area contributed by atoms with Crippen molar-refractivity contribution in [1.82, 2.24) is 9.97 Å². The van der Waals surface area contributed by atoms with Crippen molar-refractivity contribution in [3.8, 4) is 0 Å². The van der Waals surface area contributed by atoms with E-state index in [1.165, 1.54) is 11.1 Å². The second kappa shape index (κ2) is 6.22. The van der Waals surface area contributed by atoms with E-state index in [0.29, 0.717) is 12.5 Å². The van der Waals surface area contributed by atoms with Gasteiger partial charge in [0.05, 0.1) is 12.3 Å². The molecule has 0 bridgehead atoms. The first-order valence-electron chi connectivity index (χ1n) is 7.47. The number of aryl methyl sites for hydroxylation is 1. The second-order valence-corrected chi connectivity index (χ2v) is 5.82. The lowest BCUT2D eigenvalue weighted by atomic mass is 9.87. The van der Waals surface area contributed by atoms with Gasteiger partial charge in [-0.3, -0.25) is 4.98 Å². The fraction of sp³-hybridized carbons (Fsp3) is 0.412.